The van der Waals surface area contributed by atoms with Crippen molar-refractivity contribution in [3.63, 3.8) is 0 Å². The molecule has 1 fully saturated rings. The predicted octanol–water partition coefficient (Wildman–Crippen LogP) is 2.95. The van der Waals surface area contributed by atoms with Gasteiger partial charge in [-0.3, -0.25) is 4.79 Å². The second-order valence-electron chi connectivity index (χ2n) is 6.35. The van der Waals surface area contributed by atoms with E-state index >= 15 is 0 Å². The summed E-state index contributed by atoms with van der Waals surface area (Å²) >= 11 is 0. The highest BCUT2D eigenvalue weighted by Gasteiger charge is 2.41. The zero-order valence-corrected chi connectivity index (χ0v) is 13.0. The standard InChI is InChI=1S/C19H20N2O2/c22-18(14-4-2-1-3-5-14)21-15-6-7-16-17(12-15)23-13-19(16)8-10-20-11-9-19/h1-7,12,20H,8-11,13H2,(H,21,22). The Bertz CT molecular complexity index is 721. The molecule has 1 saturated heterocycles. The number of hydrogen-bond donors (Lipinski definition) is 2. The maximum atomic E-state index is 12.2. The first-order valence-corrected chi connectivity index (χ1v) is 8.11. The summed E-state index contributed by atoms with van der Waals surface area (Å²) < 4.78 is 5.94. The van der Waals surface area contributed by atoms with Crippen molar-refractivity contribution in [2.75, 3.05) is 25.0 Å². The van der Waals surface area contributed by atoms with Gasteiger partial charge in [0.2, 0.25) is 0 Å². The van der Waals surface area contributed by atoms with Crippen LogP contribution in [0.1, 0.15) is 28.8 Å². The van der Waals surface area contributed by atoms with E-state index in [-0.39, 0.29) is 11.3 Å². The van der Waals surface area contributed by atoms with Gasteiger partial charge in [-0.25, -0.2) is 0 Å². The smallest absolute Gasteiger partial charge is 0.255 e. The average Bonchev–Trinajstić information content (AvgIpc) is 2.94. The summed E-state index contributed by atoms with van der Waals surface area (Å²) in [6.07, 6.45) is 2.21. The Morgan fingerprint density at radius 3 is 2.65 bits per heavy atom. The van der Waals surface area contributed by atoms with Gasteiger partial charge in [-0.1, -0.05) is 24.3 Å². The third kappa shape index (κ3) is 2.59. The van der Waals surface area contributed by atoms with Crippen LogP contribution in [0.15, 0.2) is 48.5 Å². The largest absolute Gasteiger partial charge is 0.492 e. The van der Waals surface area contributed by atoms with Gasteiger partial charge in [-0.2, -0.15) is 0 Å². The van der Waals surface area contributed by atoms with Crippen LogP contribution in [0.2, 0.25) is 0 Å². The predicted molar refractivity (Wildman–Crippen MR) is 90.1 cm³/mol. The SMILES string of the molecule is O=C(Nc1ccc2c(c1)OCC21CCNCC1)c1ccccc1. The van der Waals surface area contributed by atoms with Crippen LogP contribution in [-0.4, -0.2) is 25.6 Å². The van der Waals surface area contributed by atoms with Gasteiger partial charge in [0.25, 0.3) is 5.91 Å². The second kappa shape index (κ2) is 5.70. The Labute approximate surface area is 135 Å². The molecule has 0 atom stereocenters. The molecule has 0 aromatic heterocycles. The van der Waals surface area contributed by atoms with Gasteiger partial charge >= 0.3 is 0 Å². The van der Waals surface area contributed by atoms with Gasteiger partial charge in [-0.15, -0.1) is 0 Å². The van der Waals surface area contributed by atoms with Crippen LogP contribution in [0.4, 0.5) is 5.69 Å². The molecule has 1 spiro atoms. The van der Waals surface area contributed by atoms with Crippen LogP contribution in [0.3, 0.4) is 0 Å². The summed E-state index contributed by atoms with van der Waals surface area (Å²) in [6, 6.07) is 15.3. The third-order valence-corrected chi connectivity index (χ3v) is 4.91. The van der Waals surface area contributed by atoms with E-state index in [1.165, 1.54) is 5.56 Å². The van der Waals surface area contributed by atoms with E-state index in [1.807, 2.05) is 42.5 Å². The van der Waals surface area contributed by atoms with Crippen LogP contribution >= 0.6 is 0 Å². The lowest BCUT2D eigenvalue weighted by atomic mass is 9.75. The van der Waals surface area contributed by atoms with Crippen molar-refractivity contribution in [2.24, 2.45) is 0 Å². The van der Waals surface area contributed by atoms with E-state index in [1.54, 1.807) is 0 Å². The van der Waals surface area contributed by atoms with Crippen molar-refractivity contribution in [1.29, 1.82) is 0 Å². The number of carbonyl (C=O) groups excluding carboxylic acids is 1. The Morgan fingerprint density at radius 2 is 1.87 bits per heavy atom. The van der Waals surface area contributed by atoms with Crippen LogP contribution in [0, 0.1) is 0 Å². The lowest BCUT2D eigenvalue weighted by Gasteiger charge is -2.32. The molecule has 0 aliphatic carbocycles. The third-order valence-electron chi connectivity index (χ3n) is 4.91. The molecule has 0 saturated carbocycles. The summed E-state index contributed by atoms with van der Waals surface area (Å²) in [5.74, 6) is 0.817. The molecule has 0 radical (unpaired) electrons. The van der Waals surface area contributed by atoms with Gasteiger partial charge in [0.1, 0.15) is 5.75 Å². The molecule has 2 aromatic rings. The highest BCUT2D eigenvalue weighted by atomic mass is 16.5. The first kappa shape index (κ1) is 14.3. The summed E-state index contributed by atoms with van der Waals surface area (Å²) in [4.78, 5) is 12.2. The molecule has 2 aromatic carbocycles. The molecule has 4 nitrogen and oxygen atoms in total. The number of piperidine rings is 1. The number of ether oxygens (including phenoxy) is 1. The van der Waals surface area contributed by atoms with E-state index in [0.717, 1.165) is 44.0 Å². The fraction of sp³-hybridized carbons (Fsp3) is 0.316. The molecule has 1 amide bonds. The monoisotopic (exact) mass is 308 g/mol. The molecule has 2 heterocycles. The van der Waals surface area contributed by atoms with Crippen molar-refractivity contribution < 1.29 is 9.53 Å². The van der Waals surface area contributed by atoms with Gasteiger partial charge in [0.15, 0.2) is 0 Å². The maximum Gasteiger partial charge on any atom is 0.255 e. The van der Waals surface area contributed by atoms with Crippen molar-refractivity contribution >= 4 is 11.6 Å². The quantitative estimate of drug-likeness (QED) is 0.897. The summed E-state index contributed by atoms with van der Waals surface area (Å²) in [6.45, 7) is 2.82. The zero-order chi connectivity index (χ0) is 15.7. The molecule has 23 heavy (non-hydrogen) atoms. The molecular weight excluding hydrogens is 288 g/mol. The van der Waals surface area contributed by atoms with E-state index in [4.69, 9.17) is 4.74 Å². The van der Waals surface area contributed by atoms with Crippen LogP contribution in [0.25, 0.3) is 0 Å². The molecule has 0 unspecified atom stereocenters. The number of rotatable bonds is 2. The molecular formula is C19H20N2O2. The highest BCUT2D eigenvalue weighted by Crippen LogP contribution is 2.45. The van der Waals surface area contributed by atoms with Crippen LogP contribution in [0.5, 0.6) is 5.75 Å². The molecule has 4 heteroatoms. The highest BCUT2D eigenvalue weighted by molar-refractivity contribution is 6.04. The molecule has 2 N–H and O–H groups in total. The van der Waals surface area contributed by atoms with Crippen molar-refractivity contribution in [3.8, 4) is 5.75 Å². The lowest BCUT2D eigenvalue weighted by Crippen LogP contribution is -2.40. The van der Waals surface area contributed by atoms with E-state index in [0.29, 0.717) is 5.56 Å². The summed E-state index contributed by atoms with van der Waals surface area (Å²) in [5, 5.41) is 6.36. The number of fused-ring (bicyclic) bond motifs is 2. The molecule has 118 valence electrons. The number of hydrogen-bond acceptors (Lipinski definition) is 3. The number of nitrogens with one attached hydrogen (secondary N) is 2. The van der Waals surface area contributed by atoms with Crippen LogP contribution < -0.4 is 15.4 Å². The second-order valence-corrected chi connectivity index (χ2v) is 6.35. The maximum absolute atomic E-state index is 12.2. The normalized spacial score (nSPS) is 18.3. The first-order valence-electron chi connectivity index (χ1n) is 8.11. The fourth-order valence-corrected chi connectivity index (χ4v) is 3.56. The van der Waals surface area contributed by atoms with Gasteiger partial charge in [0, 0.05) is 28.3 Å². The van der Waals surface area contributed by atoms with Gasteiger partial charge in [0.05, 0.1) is 6.61 Å². The minimum absolute atomic E-state index is 0.0971. The molecule has 4 rings (SSSR count). The number of benzene rings is 2. The molecule has 2 aliphatic rings. The van der Waals surface area contributed by atoms with Crippen molar-refractivity contribution in [2.45, 2.75) is 18.3 Å². The summed E-state index contributed by atoms with van der Waals surface area (Å²) in [7, 11) is 0. The van der Waals surface area contributed by atoms with E-state index < -0.39 is 0 Å². The fourth-order valence-electron chi connectivity index (χ4n) is 3.56. The Kier molecular flexibility index (Phi) is 3.54. The van der Waals surface area contributed by atoms with Crippen molar-refractivity contribution in [1.82, 2.24) is 5.32 Å². The first-order chi connectivity index (χ1) is 11.3. The van der Waals surface area contributed by atoms with Crippen molar-refractivity contribution in [3.05, 3.63) is 59.7 Å². The minimum Gasteiger partial charge on any atom is -0.492 e. The van der Waals surface area contributed by atoms with E-state index in [2.05, 4.69) is 16.7 Å². The Balaban J connectivity index is 1.56. The lowest BCUT2D eigenvalue weighted by molar-refractivity contribution is 0.102. The Hall–Kier alpha value is -2.33. The van der Waals surface area contributed by atoms with Gasteiger partial charge in [-0.05, 0) is 44.1 Å². The topological polar surface area (TPSA) is 50.4 Å². The van der Waals surface area contributed by atoms with Gasteiger partial charge < -0.3 is 15.4 Å². The van der Waals surface area contributed by atoms with Crippen LogP contribution in [-0.2, 0) is 5.41 Å². The number of anilines is 1. The zero-order valence-electron chi connectivity index (χ0n) is 13.0. The minimum atomic E-state index is -0.0971. The summed E-state index contributed by atoms with van der Waals surface area (Å²) in [5.41, 5.74) is 2.88. The molecule has 0 bridgehead atoms. The number of amides is 1. The molecule has 2 aliphatic heterocycles. The Morgan fingerprint density at radius 1 is 1.09 bits per heavy atom. The number of carbonyl (C=O) groups is 1. The average molecular weight is 308 g/mol. The van der Waals surface area contributed by atoms with E-state index in [9.17, 15) is 4.79 Å².